The van der Waals surface area contributed by atoms with Gasteiger partial charge < -0.3 is 20.1 Å². The van der Waals surface area contributed by atoms with Crippen molar-refractivity contribution in [1.29, 1.82) is 0 Å². The molecule has 2 N–H and O–H groups in total. The standard InChI is InChI=1S/C23H28ClFN2O3/c1-26-23(29)10-16-6-8-27(9-7-16)14-19(28)15-30-20-12-17(11-18(24)13-20)21-4-2-3-5-22(21)25/h2-5,11-13,16,19,28H,6-10,14-15H2,1H3,(H,26,29). The third-order valence-electron chi connectivity index (χ3n) is 5.43. The highest BCUT2D eigenvalue weighted by Gasteiger charge is 2.22. The van der Waals surface area contributed by atoms with Crippen molar-refractivity contribution >= 4 is 17.5 Å². The lowest BCUT2D eigenvalue weighted by atomic mass is 9.93. The maximum Gasteiger partial charge on any atom is 0.220 e. The number of benzene rings is 2. The molecule has 162 valence electrons. The van der Waals surface area contributed by atoms with Crippen molar-refractivity contribution in [2.45, 2.75) is 25.4 Å². The minimum atomic E-state index is -0.656. The summed E-state index contributed by atoms with van der Waals surface area (Å²) in [4.78, 5) is 13.7. The van der Waals surface area contributed by atoms with Gasteiger partial charge >= 0.3 is 0 Å². The molecule has 0 aliphatic carbocycles. The molecule has 0 aromatic heterocycles. The van der Waals surface area contributed by atoms with E-state index in [4.69, 9.17) is 16.3 Å². The molecule has 1 unspecified atom stereocenters. The summed E-state index contributed by atoms with van der Waals surface area (Å²) >= 11 is 6.18. The van der Waals surface area contributed by atoms with Gasteiger partial charge in [-0.15, -0.1) is 0 Å². The van der Waals surface area contributed by atoms with Crippen LogP contribution in [0.2, 0.25) is 5.02 Å². The lowest BCUT2D eigenvalue weighted by molar-refractivity contribution is -0.121. The van der Waals surface area contributed by atoms with Crippen molar-refractivity contribution < 1.29 is 19.0 Å². The largest absolute Gasteiger partial charge is 0.491 e. The number of β-amino-alcohol motifs (C(OH)–C–C–N with tert-alkyl or cyclic N) is 1. The molecule has 1 fully saturated rings. The van der Waals surface area contributed by atoms with E-state index in [-0.39, 0.29) is 18.3 Å². The Kier molecular flexibility index (Phi) is 8.08. The van der Waals surface area contributed by atoms with Crippen molar-refractivity contribution in [2.24, 2.45) is 5.92 Å². The number of carbonyl (C=O) groups is 1. The summed E-state index contributed by atoms with van der Waals surface area (Å²) in [6.45, 7) is 2.34. The molecule has 3 rings (SSSR count). The molecular formula is C23H28ClFN2O3. The highest BCUT2D eigenvalue weighted by atomic mass is 35.5. The number of nitrogens with one attached hydrogen (secondary N) is 1. The van der Waals surface area contributed by atoms with E-state index < -0.39 is 6.10 Å². The van der Waals surface area contributed by atoms with Crippen LogP contribution in [-0.2, 0) is 4.79 Å². The number of hydrogen-bond donors (Lipinski definition) is 2. The Bertz CT molecular complexity index is 856. The Morgan fingerprint density at radius 1 is 1.30 bits per heavy atom. The molecule has 0 bridgehead atoms. The van der Waals surface area contributed by atoms with E-state index in [0.29, 0.717) is 40.8 Å². The van der Waals surface area contributed by atoms with E-state index in [1.54, 1.807) is 43.4 Å². The molecule has 1 aliphatic heterocycles. The summed E-state index contributed by atoms with van der Waals surface area (Å²) in [6.07, 6.45) is 1.80. The number of carbonyl (C=O) groups excluding carboxylic acids is 1. The molecule has 2 aromatic carbocycles. The summed E-state index contributed by atoms with van der Waals surface area (Å²) in [7, 11) is 1.66. The quantitative estimate of drug-likeness (QED) is 0.664. The van der Waals surface area contributed by atoms with Crippen LogP contribution in [0.3, 0.4) is 0 Å². The second-order valence-electron chi connectivity index (χ2n) is 7.74. The molecule has 1 atom stereocenters. The third-order valence-corrected chi connectivity index (χ3v) is 5.65. The first-order valence-corrected chi connectivity index (χ1v) is 10.6. The first kappa shape index (κ1) is 22.5. The fourth-order valence-electron chi connectivity index (χ4n) is 3.78. The van der Waals surface area contributed by atoms with Crippen LogP contribution in [0.25, 0.3) is 11.1 Å². The SMILES string of the molecule is CNC(=O)CC1CCN(CC(O)COc2cc(Cl)cc(-c3ccccc3F)c2)CC1. The number of rotatable bonds is 8. The molecule has 30 heavy (non-hydrogen) atoms. The monoisotopic (exact) mass is 434 g/mol. The van der Waals surface area contributed by atoms with Crippen LogP contribution in [-0.4, -0.2) is 55.3 Å². The zero-order valence-corrected chi connectivity index (χ0v) is 17.9. The van der Waals surface area contributed by atoms with Gasteiger partial charge in [0.15, 0.2) is 0 Å². The zero-order valence-electron chi connectivity index (χ0n) is 17.1. The van der Waals surface area contributed by atoms with E-state index in [9.17, 15) is 14.3 Å². The van der Waals surface area contributed by atoms with E-state index >= 15 is 0 Å². The number of aliphatic hydroxyl groups is 1. The predicted molar refractivity (Wildman–Crippen MR) is 116 cm³/mol. The average molecular weight is 435 g/mol. The molecule has 0 spiro atoms. The van der Waals surface area contributed by atoms with Gasteiger partial charge in [0, 0.05) is 30.6 Å². The second kappa shape index (κ2) is 10.8. The van der Waals surface area contributed by atoms with Gasteiger partial charge in [0.25, 0.3) is 0 Å². The lowest BCUT2D eigenvalue weighted by Crippen LogP contribution is -2.41. The average Bonchev–Trinajstić information content (AvgIpc) is 2.73. The van der Waals surface area contributed by atoms with E-state index in [1.807, 2.05) is 0 Å². The van der Waals surface area contributed by atoms with Crippen molar-refractivity contribution in [3.8, 4) is 16.9 Å². The Balaban J connectivity index is 1.50. The van der Waals surface area contributed by atoms with Crippen LogP contribution in [0.15, 0.2) is 42.5 Å². The summed E-state index contributed by atoms with van der Waals surface area (Å²) < 4.78 is 19.8. The highest BCUT2D eigenvalue weighted by Crippen LogP contribution is 2.30. The number of ether oxygens (including phenoxy) is 1. The molecule has 7 heteroatoms. The van der Waals surface area contributed by atoms with Gasteiger partial charge in [0.05, 0.1) is 0 Å². The van der Waals surface area contributed by atoms with Crippen LogP contribution in [0, 0.1) is 11.7 Å². The van der Waals surface area contributed by atoms with Crippen molar-refractivity contribution in [2.75, 3.05) is 33.3 Å². The Morgan fingerprint density at radius 2 is 2.03 bits per heavy atom. The van der Waals surface area contributed by atoms with Gasteiger partial charge in [-0.25, -0.2) is 4.39 Å². The summed E-state index contributed by atoms with van der Waals surface area (Å²) in [6, 6.07) is 11.6. The predicted octanol–water partition coefficient (Wildman–Crippen LogP) is 3.73. The van der Waals surface area contributed by atoms with E-state index in [0.717, 1.165) is 25.9 Å². The summed E-state index contributed by atoms with van der Waals surface area (Å²) in [5.74, 6) is 0.644. The Labute approximate surface area is 181 Å². The number of hydrogen-bond acceptors (Lipinski definition) is 4. The number of likely N-dealkylation sites (tertiary alicyclic amines) is 1. The molecule has 1 saturated heterocycles. The molecule has 1 aliphatic rings. The van der Waals surface area contributed by atoms with Crippen LogP contribution >= 0.6 is 11.6 Å². The number of amides is 1. The topological polar surface area (TPSA) is 61.8 Å². The van der Waals surface area contributed by atoms with E-state index in [1.165, 1.54) is 6.07 Å². The summed E-state index contributed by atoms with van der Waals surface area (Å²) in [5, 5.41) is 13.5. The molecule has 1 amide bonds. The first-order chi connectivity index (χ1) is 14.4. The fraction of sp³-hybridized carbons (Fsp3) is 0.435. The van der Waals surface area contributed by atoms with Crippen LogP contribution in [0.4, 0.5) is 4.39 Å². The molecule has 0 radical (unpaired) electrons. The molecule has 1 heterocycles. The lowest BCUT2D eigenvalue weighted by Gasteiger charge is -2.32. The minimum absolute atomic E-state index is 0.0816. The maximum atomic E-state index is 14.1. The van der Waals surface area contributed by atoms with Crippen LogP contribution < -0.4 is 10.1 Å². The van der Waals surface area contributed by atoms with Crippen LogP contribution in [0.5, 0.6) is 5.75 Å². The highest BCUT2D eigenvalue weighted by molar-refractivity contribution is 6.31. The van der Waals surface area contributed by atoms with Gasteiger partial charge in [0.2, 0.25) is 5.91 Å². The number of nitrogens with zero attached hydrogens (tertiary/aromatic N) is 1. The number of piperidine rings is 1. The molecular weight excluding hydrogens is 407 g/mol. The van der Waals surface area contributed by atoms with Crippen molar-refractivity contribution in [1.82, 2.24) is 10.2 Å². The van der Waals surface area contributed by atoms with Crippen molar-refractivity contribution in [3.05, 3.63) is 53.3 Å². The fourth-order valence-corrected chi connectivity index (χ4v) is 4.00. The van der Waals surface area contributed by atoms with Crippen LogP contribution in [0.1, 0.15) is 19.3 Å². The Morgan fingerprint density at radius 3 is 2.73 bits per heavy atom. The zero-order chi connectivity index (χ0) is 21.5. The second-order valence-corrected chi connectivity index (χ2v) is 8.18. The molecule has 5 nitrogen and oxygen atoms in total. The van der Waals surface area contributed by atoms with Gasteiger partial charge in [-0.05, 0) is 61.7 Å². The molecule has 2 aromatic rings. The first-order valence-electron chi connectivity index (χ1n) is 10.2. The number of halogens is 2. The smallest absolute Gasteiger partial charge is 0.220 e. The van der Waals surface area contributed by atoms with Crippen molar-refractivity contribution in [3.63, 3.8) is 0 Å². The molecule has 0 saturated carbocycles. The third kappa shape index (κ3) is 6.42. The maximum absolute atomic E-state index is 14.1. The van der Waals surface area contributed by atoms with Gasteiger partial charge in [-0.3, -0.25) is 4.79 Å². The van der Waals surface area contributed by atoms with Gasteiger partial charge in [0.1, 0.15) is 24.3 Å². The Hall–Kier alpha value is -2.15. The van der Waals surface area contributed by atoms with Gasteiger partial charge in [-0.1, -0.05) is 29.8 Å². The minimum Gasteiger partial charge on any atom is -0.491 e. The van der Waals surface area contributed by atoms with Gasteiger partial charge in [-0.2, -0.15) is 0 Å². The number of aliphatic hydroxyl groups excluding tert-OH is 1. The normalized spacial score (nSPS) is 16.3. The summed E-state index contributed by atoms with van der Waals surface area (Å²) in [5.41, 5.74) is 1.08. The van der Waals surface area contributed by atoms with E-state index in [2.05, 4.69) is 10.2 Å².